The van der Waals surface area contributed by atoms with Crippen LogP contribution >= 0.6 is 27.3 Å². The molecule has 0 bridgehead atoms. The molecule has 0 saturated carbocycles. The van der Waals surface area contributed by atoms with E-state index in [1.54, 1.807) is 25.6 Å². The molecule has 0 saturated heterocycles. The molecule has 0 atom stereocenters. The Labute approximate surface area is 118 Å². The molecule has 1 N–H and O–H groups in total. The minimum absolute atomic E-state index is 0.678. The molecule has 0 aliphatic carbocycles. The van der Waals surface area contributed by atoms with E-state index in [2.05, 4.69) is 26.2 Å². The fraction of sp³-hybridized carbons (Fsp3) is 0.250. The Morgan fingerprint density at radius 3 is 2.44 bits per heavy atom. The smallest absolute Gasteiger partial charge is 0.138 e. The van der Waals surface area contributed by atoms with E-state index in [1.807, 2.05) is 23.0 Å². The Balaban J connectivity index is 2.17. The summed E-state index contributed by atoms with van der Waals surface area (Å²) >= 11 is 5.02. The Hall–Kier alpha value is -1.27. The van der Waals surface area contributed by atoms with Crippen LogP contribution in [0.2, 0.25) is 0 Å². The predicted octanol–water partition coefficient (Wildman–Crippen LogP) is 3.53. The van der Waals surface area contributed by atoms with Crippen LogP contribution in [0, 0.1) is 0 Å². The highest BCUT2D eigenvalue weighted by Crippen LogP contribution is 2.37. The topological polar surface area (TPSA) is 43.4 Å². The second kappa shape index (κ2) is 6.06. The third kappa shape index (κ3) is 2.94. The highest BCUT2D eigenvalue weighted by molar-refractivity contribution is 9.10. The molecule has 0 radical (unpaired) electrons. The van der Waals surface area contributed by atoms with E-state index in [0.29, 0.717) is 6.54 Å². The molecule has 0 unspecified atom stereocenters. The molecule has 0 aliphatic rings. The Morgan fingerprint density at radius 1 is 1.28 bits per heavy atom. The predicted molar refractivity (Wildman–Crippen MR) is 76.7 cm³/mol. The van der Waals surface area contributed by atoms with E-state index in [-0.39, 0.29) is 0 Å². The van der Waals surface area contributed by atoms with Crippen LogP contribution < -0.4 is 14.8 Å². The minimum atomic E-state index is 0.678. The van der Waals surface area contributed by atoms with Gasteiger partial charge in [-0.1, -0.05) is 0 Å². The van der Waals surface area contributed by atoms with Crippen molar-refractivity contribution in [3.63, 3.8) is 0 Å². The van der Waals surface area contributed by atoms with Crippen molar-refractivity contribution in [3.05, 3.63) is 33.2 Å². The number of ether oxygens (including phenoxy) is 2. The molecule has 96 valence electrons. The summed E-state index contributed by atoms with van der Waals surface area (Å²) in [5, 5.41) is 5.30. The van der Waals surface area contributed by atoms with Gasteiger partial charge in [0.15, 0.2) is 0 Å². The first-order valence-corrected chi connectivity index (χ1v) is 7.00. The Kier molecular flexibility index (Phi) is 4.43. The fourth-order valence-electron chi connectivity index (χ4n) is 1.49. The maximum atomic E-state index is 5.28. The van der Waals surface area contributed by atoms with Crippen LogP contribution in [0.1, 0.15) is 5.69 Å². The number of halogens is 1. The Bertz CT molecular complexity index is 492. The molecule has 1 aromatic heterocycles. The highest BCUT2D eigenvalue weighted by atomic mass is 79.9. The average molecular weight is 329 g/mol. The van der Waals surface area contributed by atoms with Crippen molar-refractivity contribution in [3.8, 4) is 11.5 Å². The van der Waals surface area contributed by atoms with Crippen LogP contribution in [0.5, 0.6) is 11.5 Å². The van der Waals surface area contributed by atoms with Gasteiger partial charge in [0.05, 0.1) is 32.0 Å². The molecule has 0 aliphatic heterocycles. The molecule has 0 spiro atoms. The lowest BCUT2D eigenvalue weighted by molar-refractivity contribution is 0.390. The summed E-state index contributed by atoms with van der Waals surface area (Å²) in [5.74, 6) is 1.46. The van der Waals surface area contributed by atoms with Crippen molar-refractivity contribution in [2.45, 2.75) is 6.54 Å². The summed E-state index contributed by atoms with van der Waals surface area (Å²) in [5.41, 5.74) is 3.76. The van der Waals surface area contributed by atoms with Crippen molar-refractivity contribution in [1.29, 1.82) is 0 Å². The van der Waals surface area contributed by atoms with Crippen LogP contribution in [0.25, 0.3) is 0 Å². The maximum Gasteiger partial charge on any atom is 0.138 e. The monoisotopic (exact) mass is 328 g/mol. The summed E-state index contributed by atoms with van der Waals surface area (Å²) in [7, 11) is 3.26. The van der Waals surface area contributed by atoms with Crippen molar-refractivity contribution >= 4 is 33.0 Å². The zero-order valence-corrected chi connectivity index (χ0v) is 12.5. The van der Waals surface area contributed by atoms with Crippen molar-refractivity contribution in [2.24, 2.45) is 0 Å². The lowest BCUT2D eigenvalue weighted by atomic mass is 10.2. The average Bonchev–Trinajstić information content (AvgIpc) is 2.90. The van der Waals surface area contributed by atoms with Gasteiger partial charge in [-0.3, -0.25) is 0 Å². The SMILES string of the molecule is COc1cc(NCc2cscn2)cc(OC)c1Br. The van der Waals surface area contributed by atoms with Gasteiger partial charge in [-0.25, -0.2) is 4.98 Å². The quantitative estimate of drug-likeness (QED) is 0.911. The van der Waals surface area contributed by atoms with Gasteiger partial charge in [0.25, 0.3) is 0 Å². The minimum Gasteiger partial charge on any atom is -0.495 e. The van der Waals surface area contributed by atoms with Gasteiger partial charge in [-0.15, -0.1) is 11.3 Å². The third-order valence-corrected chi connectivity index (χ3v) is 3.82. The molecule has 2 rings (SSSR count). The number of rotatable bonds is 5. The molecule has 18 heavy (non-hydrogen) atoms. The van der Waals surface area contributed by atoms with Crippen LogP contribution in [0.3, 0.4) is 0 Å². The molecule has 2 aromatic rings. The zero-order chi connectivity index (χ0) is 13.0. The Morgan fingerprint density at radius 2 is 1.94 bits per heavy atom. The van der Waals surface area contributed by atoms with Crippen molar-refractivity contribution < 1.29 is 9.47 Å². The van der Waals surface area contributed by atoms with E-state index in [4.69, 9.17) is 9.47 Å². The molecule has 0 fully saturated rings. The van der Waals surface area contributed by atoms with E-state index in [9.17, 15) is 0 Å². The normalized spacial score (nSPS) is 10.2. The molecular formula is C12H13BrN2O2S. The molecule has 6 heteroatoms. The highest BCUT2D eigenvalue weighted by Gasteiger charge is 2.09. The maximum absolute atomic E-state index is 5.28. The zero-order valence-electron chi connectivity index (χ0n) is 10.1. The van der Waals surface area contributed by atoms with Gasteiger partial charge in [-0.05, 0) is 15.9 Å². The van der Waals surface area contributed by atoms with E-state index in [0.717, 1.165) is 27.4 Å². The van der Waals surface area contributed by atoms with Gasteiger partial charge in [0.1, 0.15) is 16.0 Å². The van der Waals surface area contributed by atoms with Gasteiger partial charge in [-0.2, -0.15) is 0 Å². The summed E-state index contributed by atoms with van der Waals surface area (Å²) in [6.45, 7) is 0.678. The van der Waals surface area contributed by atoms with Crippen LogP contribution in [0.4, 0.5) is 5.69 Å². The number of benzene rings is 1. The summed E-state index contributed by atoms with van der Waals surface area (Å²) < 4.78 is 11.4. The number of anilines is 1. The van der Waals surface area contributed by atoms with Gasteiger partial charge >= 0.3 is 0 Å². The third-order valence-electron chi connectivity index (χ3n) is 2.40. The molecular weight excluding hydrogens is 316 g/mol. The number of nitrogens with zero attached hydrogens (tertiary/aromatic N) is 1. The summed E-state index contributed by atoms with van der Waals surface area (Å²) in [6.07, 6.45) is 0. The van der Waals surface area contributed by atoms with Crippen LogP contribution in [-0.2, 0) is 6.54 Å². The summed E-state index contributed by atoms with van der Waals surface area (Å²) in [4.78, 5) is 4.22. The van der Waals surface area contributed by atoms with Gasteiger partial charge in [0, 0.05) is 23.2 Å². The lowest BCUT2D eigenvalue weighted by Gasteiger charge is -2.12. The standard InChI is InChI=1S/C12H13BrN2O2S/c1-16-10-3-8(4-11(17-2)12(10)13)14-5-9-6-18-7-15-9/h3-4,6-7,14H,5H2,1-2H3. The fourth-order valence-corrected chi connectivity index (χ4v) is 2.60. The summed E-state index contributed by atoms with van der Waals surface area (Å²) in [6, 6.07) is 3.83. The number of hydrogen-bond donors (Lipinski definition) is 1. The molecule has 1 aromatic carbocycles. The lowest BCUT2D eigenvalue weighted by Crippen LogP contribution is -2.01. The number of methoxy groups -OCH3 is 2. The van der Waals surface area contributed by atoms with E-state index >= 15 is 0 Å². The van der Waals surface area contributed by atoms with Crippen LogP contribution in [0.15, 0.2) is 27.5 Å². The van der Waals surface area contributed by atoms with Crippen molar-refractivity contribution in [2.75, 3.05) is 19.5 Å². The van der Waals surface area contributed by atoms with Crippen molar-refractivity contribution in [1.82, 2.24) is 4.98 Å². The first-order chi connectivity index (χ1) is 8.74. The number of hydrogen-bond acceptors (Lipinski definition) is 5. The van der Waals surface area contributed by atoms with Gasteiger partial charge in [0.2, 0.25) is 0 Å². The van der Waals surface area contributed by atoms with Crippen LogP contribution in [-0.4, -0.2) is 19.2 Å². The van der Waals surface area contributed by atoms with E-state index < -0.39 is 0 Å². The number of thiazole rings is 1. The first kappa shape index (κ1) is 13.2. The molecule has 4 nitrogen and oxygen atoms in total. The number of nitrogens with one attached hydrogen (secondary N) is 1. The molecule has 0 amide bonds. The largest absolute Gasteiger partial charge is 0.495 e. The number of aromatic nitrogens is 1. The second-order valence-corrected chi connectivity index (χ2v) is 5.04. The molecule has 1 heterocycles. The second-order valence-electron chi connectivity index (χ2n) is 3.53. The van der Waals surface area contributed by atoms with Gasteiger partial charge < -0.3 is 14.8 Å². The first-order valence-electron chi connectivity index (χ1n) is 5.27. The van der Waals surface area contributed by atoms with E-state index in [1.165, 1.54) is 0 Å².